The van der Waals surface area contributed by atoms with Crippen LogP contribution in [0.1, 0.15) is 6.92 Å². The predicted octanol–water partition coefficient (Wildman–Crippen LogP) is 4.91. The minimum Gasteiger partial charge on any atom is -0.219 e. The molecule has 0 spiro atoms. The third-order valence-corrected chi connectivity index (χ3v) is 7.51. The normalized spacial score (nSPS) is 11.6. The number of nitrogens with zero attached hydrogens (tertiary/aromatic N) is 2. The van der Waals surface area contributed by atoms with E-state index in [2.05, 4.69) is 33.1 Å². The largest absolute Gasteiger partial charge is 0.219 e. The van der Waals surface area contributed by atoms with Crippen molar-refractivity contribution in [2.24, 2.45) is 0 Å². The van der Waals surface area contributed by atoms with Gasteiger partial charge in [0.05, 0.1) is 9.79 Å². The highest BCUT2D eigenvalue weighted by Crippen LogP contribution is 2.30. The topological polar surface area (TPSA) is 59.9 Å². The van der Waals surface area contributed by atoms with Crippen molar-refractivity contribution in [2.75, 3.05) is 5.75 Å². The highest BCUT2D eigenvalue weighted by Gasteiger charge is 2.18. The summed E-state index contributed by atoms with van der Waals surface area (Å²) in [6.45, 7) is 2.06. The first kappa shape index (κ1) is 17.6. The molecule has 2 aromatic carbocycles. The molecule has 0 fully saturated rings. The third-order valence-electron chi connectivity index (χ3n) is 3.21. The van der Waals surface area contributed by atoms with E-state index in [9.17, 15) is 8.42 Å². The van der Waals surface area contributed by atoms with Crippen LogP contribution < -0.4 is 0 Å². The summed E-state index contributed by atoms with van der Waals surface area (Å²) in [5, 5.41) is 9.07. The number of aromatic nitrogens is 2. The van der Waals surface area contributed by atoms with Gasteiger partial charge < -0.3 is 0 Å². The van der Waals surface area contributed by atoms with Crippen molar-refractivity contribution >= 4 is 48.9 Å². The Morgan fingerprint density at radius 1 is 1.00 bits per heavy atom. The maximum atomic E-state index is 12.6. The fourth-order valence-corrected chi connectivity index (χ4v) is 5.31. The van der Waals surface area contributed by atoms with Crippen molar-refractivity contribution in [1.82, 2.24) is 10.2 Å². The number of sulfone groups is 1. The fraction of sp³-hybridized carbons (Fsp3) is 0.125. The van der Waals surface area contributed by atoms with Crippen LogP contribution in [0, 0.1) is 0 Å². The van der Waals surface area contributed by atoms with Crippen LogP contribution in [0.2, 0.25) is 0 Å². The lowest BCUT2D eigenvalue weighted by molar-refractivity contribution is 0.596. The molecular weight excluding hydrogens is 428 g/mol. The van der Waals surface area contributed by atoms with Crippen molar-refractivity contribution in [2.45, 2.75) is 21.1 Å². The van der Waals surface area contributed by atoms with Gasteiger partial charge in [0.1, 0.15) is 5.01 Å². The number of thioether (sulfide) groups is 1. The number of hydrogen-bond donors (Lipinski definition) is 0. The Morgan fingerprint density at radius 3 is 2.17 bits per heavy atom. The van der Waals surface area contributed by atoms with Crippen LogP contribution in [-0.2, 0) is 9.84 Å². The lowest BCUT2D eigenvalue weighted by Crippen LogP contribution is -2.01. The van der Waals surface area contributed by atoms with Crippen LogP contribution in [0.4, 0.5) is 0 Å². The van der Waals surface area contributed by atoms with Crippen LogP contribution >= 0.6 is 39.0 Å². The zero-order valence-electron chi connectivity index (χ0n) is 12.6. The molecule has 0 unspecified atom stereocenters. The summed E-state index contributed by atoms with van der Waals surface area (Å²) in [4.78, 5) is 0.539. The van der Waals surface area contributed by atoms with E-state index in [1.807, 2.05) is 0 Å². The quantitative estimate of drug-likeness (QED) is 0.527. The molecule has 24 heavy (non-hydrogen) atoms. The molecule has 0 radical (unpaired) electrons. The van der Waals surface area contributed by atoms with Crippen LogP contribution in [0.3, 0.4) is 0 Å². The van der Waals surface area contributed by atoms with Gasteiger partial charge in [-0.3, -0.25) is 0 Å². The Kier molecular flexibility index (Phi) is 5.39. The molecule has 4 nitrogen and oxygen atoms in total. The van der Waals surface area contributed by atoms with Gasteiger partial charge in [-0.2, -0.15) is 0 Å². The molecule has 0 N–H and O–H groups in total. The molecule has 3 aromatic rings. The van der Waals surface area contributed by atoms with E-state index in [4.69, 9.17) is 0 Å². The van der Waals surface area contributed by atoms with Gasteiger partial charge in [-0.15, -0.1) is 10.2 Å². The van der Waals surface area contributed by atoms with Gasteiger partial charge in [0.15, 0.2) is 4.34 Å². The van der Waals surface area contributed by atoms with Crippen LogP contribution in [-0.4, -0.2) is 24.4 Å². The minimum absolute atomic E-state index is 0.265. The average Bonchev–Trinajstić information content (AvgIpc) is 3.04. The summed E-state index contributed by atoms with van der Waals surface area (Å²) < 4.78 is 27.0. The molecular formula is C16H13BrN2O2S3. The molecule has 1 heterocycles. The maximum Gasteiger partial charge on any atom is 0.206 e. The second-order valence-electron chi connectivity index (χ2n) is 4.79. The van der Waals surface area contributed by atoms with Gasteiger partial charge in [0, 0.05) is 10.0 Å². The number of hydrogen-bond acceptors (Lipinski definition) is 6. The molecule has 0 aliphatic carbocycles. The zero-order chi connectivity index (χ0) is 17.2. The molecule has 0 aliphatic rings. The Balaban J connectivity index is 1.89. The number of benzene rings is 2. The first-order valence-electron chi connectivity index (χ1n) is 7.08. The van der Waals surface area contributed by atoms with Gasteiger partial charge in [-0.1, -0.05) is 58.1 Å². The van der Waals surface area contributed by atoms with E-state index in [1.54, 1.807) is 60.3 Å². The standard InChI is InChI=1S/C16H13BrN2O2S3/c1-2-22-16-19-18-15(23-16)11-3-7-13(8-4-11)24(20,21)14-9-5-12(17)6-10-14/h3-10H,2H2,1H3. The summed E-state index contributed by atoms with van der Waals surface area (Å²) in [5.41, 5.74) is 0.866. The molecule has 0 saturated carbocycles. The highest BCUT2D eigenvalue weighted by molar-refractivity contribution is 9.10. The Morgan fingerprint density at radius 2 is 1.58 bits per heavy atom. The Bertz CT molecular complexity index is 936. The highest BCUT2D eigenvalue weighted by atomic mass is 79.9. The monoisotopic (exact) mass is 440 g/mol. The molecule has 0 aliphatic heterocycles. The molecule has 1 aromatic heterocycles. The van der Waals surface area contributed by atoms with Crippen LogP contribution in [0.25, 0.3) is 10.6 Å². The Hall–Kier alpha value is -1.22. The predicted molar refractivity (Wildman–Crippen MR) is 101 cm³/mol. The summed E-state index contributed by atoms with van der Waals surface area (Å²) in [7, 11) is -3.52. The Labute approximate surface area is 157 Å². The first-order valence-corrected chi connectivity index (χ1v) is 11.2. The van der Waals surface area contributed by atoms with Crippen molar-refractivity contribution in [3.63, 3.8) is 0 Å². The SMILES string of the molecule is CCSc1nnc(-c2ccc(S(=O)(=O)c3ccc(Br)cc3)cc2)s1. The average molecular weight is 441 g/mol. The summed E-state index contributed by atoms with van der Waals surface area (Å²) in [6, 6.07) is 13.4. The number of rotatable bonds is 5. The molecule has 0 bridgehead atoms. The smallest absolute Gasteiger partial charge is 0.206 e. The van der Waals surface area contributed by atoms with Crippen LogP contribution in [0.5, 0.6) is 0 Å². The third kappa shape index (κ3) is 3.72. The second kappa shape index (κ2) is 7.35. The van der Waals surface area contributed by atoms with Gasteiger partial charge in [-0.25, -0.2) is 8.42 Å². The molecule has 0 atom stereocenters. The first-order chi connectivity index (χ1) is 11.5. The summed E-state index contributed by atoms with van der Waals surface area (Å²) in [5.74, 6) is 0.943. The van der Waals surface area contributed by atoms with E-state index in [1.165, 1.54) is 11.3 Å². The van der Waals surface area contributed by atoms with E-state index in [-0.39, 0.29) is 9.79 Å². The zero-order valence-corrected chi connectivity index (χ0v) is 16.7. The molecule has 0 saturated heterocycles. The van der Waals surface area contributed by atoms with Gasteiger partial charge in [0.25, 0.3) is 0 Å². The van der Waals surface area contributed by atoms with Crippen molar-refractivity contribution in [3.05, 3.63) is 53.0 Å². The van der Waals surface area contributed by atoms with Crippen molar-refractivity contribution < 1.29 is 8.42 Å². The molecule has 3 rings (SSSR count). The van der Waals surface area contributed by atoms with E-state index >= 15 is 0 Å². The van der Waals surface area contributed by atoms with E-state index in [0.717, 1.165) is 25.1 Å². The minimum atomic E-state index is -3.52. The lowest BCUT2D eigenvalue weighted by Gasteiger charge is -2.05. The molecule has 0 amide bonds. The number of halogens is 1. The van der Waals surface area contributed by atoms with E-state index in [0.29, 0.717) is 0 Å². The van der Waals surface area contributed by atoms with Gasteiger partial charge in [0.2, 0.25) is 9.84 Å². The van der Waals surface area contributed by atoms with Gasteiger partial charge >= 0.3 is 0 Å². The lowest BCUT2D eigenvalue weighted by atomic mass is 10.2. The maximum absolute atomic E-state index is 12.6. The molecule has 8 heteroatoms. The van der Waals surface area contributed by atoms with Crippen LogP contribution in [0.15, 0.2) is 67.1 Å². The van der Waals surface area contributed by atoms with Crippen molar-refractivity contribution in [1.29, 1.82) is 0 Å². The van der Waals surface area contributed by atoms with Crippen molar-refractivity contribution in [3.8, 4) is 10.6 Å². The van der Waals surface area contributed by atoms with Gasteiger partial charge in [-0.05, 0) is 42.2 Å². The second-order valence-corrected chi connectivity index (χ2v) is 10.1. The van der Waals surface area contributed by atoms with E-state index < -0.39 is 9.84 Å². The molecule has 124 valence electrons. The summed E-state index contributed by atoms with van der Waals surface area (Å²) >= 11 is 6.46. The fourth-order valence-electron chi connectivity index (χ4n) is 2.03. The summed E-state index contributed by atoms with van der Waals surface area (Å²) in [6.07, 6.45) is 0.